The van der Waals surface area contributed by atoms with Gasteiger partial charge in [0.1, 0.15) is 0 Å². The molecule has 0 aromatic carbocycles. The van der Waals surface area contributed by atoms with E-state index in [9.17, 15) is 0 Å². The van der Waals surface area contributed by atoms with Gasteiger partial charge in [0.05, 0.1) is 5.03 Å². The summed E-state index contributed by atoms with van der Waals surface area (Å²) in [7, 11) is 0. The summed E-state index contributed by atoms with van der Waals surface area (Å²) in [4.78, 5) is 4.28. The molecule has 0 aliphatic rings. The number of aromatic nitrogens is 1. The molecule has 0 saturated carbocycles. The van der Waals surface area contributed by atoms with Crippen LogP contribution in [0.3, 0.4) is 0 Å². The van der Waals surface area contributed by atoms with Crippen LogP contribution in [0.4, 0.5) is 0 Å². The van der Waals surface area contributed by atoms with Gasteiger partial charge in [0, 0.05) is 17.5 Å². The highest BCUT2D eigenvalue weighted by atomic mass is 32.2. The molecular formula is C10H16N2S. The summed E-state index contributed by atoms with van der Waals surface area (Å²) < 4.78 is 0.209. The van der Waals surface area contributed by atoms with Crippen molar-refractivity contribution >= 4 is 11.8 Å². The molecule has 0 fully saturated rings. The van der Waals surface area contributed by atoms with Crippen LogP contribution < -0.4 is 5.73 Å². The first-order valence-corrected chi connectivity index (χ1v) is 5.17. The smallest absolute Gasteiger partial charge is 0.0968 e. The van der Waals surface area contributed by atoms with Gasteiger partial charge in [-0.2, -0.15) is 0 Å². The summed E-state index contributed by atoms with van der Waals surface area (Å²) in [6.07, 6.45) is 1.82. The van der Waals surface area contributed by atoms with Gasteiger partial charge in [-0.15, -0.1) is 11.8 Å². The summed E-state index contributed by atoms with van der Waals surface area (Å²) in [5.41, 5.74) is 6.69. The number of nitrogens with two attached hydrogens (primary N) is 1. The van der Waals surface area contributed by atoms with Gasteiger partial charge in [0.25, 0.3) is 0 Å². The zero-order valence-electron chi connectivity index (χ0n) is 8.37. The molecule has 1 aromatic heterocycles. The van der Waals surface area contributed by atoms with Crippen molar-refractivity contribution in [2.75, 3.05) is 0 Å². The quantitative estimate of drug-likeness (QED) is 0.738. The number of thioether (sulfide) groups is 1. The highest BCUT2D eigenvalue weighted by molar-refractivity contribution is 8.00. The third-order valence-corrected chi connectivity index (χ3v) is 2.49. The molecule has 2 N–H and O–H groups in total. The number of rotatable bonds is 2. The number of hydrogen-bond donors (Lipinski definition) is 1. The molecule has 0 atom stereocenters. The molecular weight excluding hydrogens is 180 g/mol. The second-order valence-corrected chi connectivity index (χ2v) is 5.77. The van der Waals surface area contributed by atoms with Crippen molar-refractivity contribution in [2.45, 2.75) is 37.1 Å². The second kappa shape index (κ2) is 4.11. The van der Waals surface area contributed by atoms with Crippen molar-refractivity contribution in [3.63, 3.8) is 0 Å². The Labute approximate surface area is 83.9 Å². The fraction of sp³-hybridized carbons (Fsp3) is 0.500. The van der Waals surface area contributed by atoms with E-state index in [4.69, 9.17) is 5.73 Å². The summed E-state index contributed by atoms with van der Waals surface area (Å²) in [5.74, 6) is 0. The Morgan fingerprint density at radius 1 is 1.46 bits per heavy atom. The van der Waals surface area contributed by atoms with Crippen LogP contribution in [0.25, 0.3) is 0 Å². The van der Waals surface area contributed by atoms with Gasteiger partial charge in [-0.1, -0.05) is 20.8 Å². The van der Waals surface area contributed by atoms with Gasteiger partial charge in [-0.05, 0) is 17.7 Å². The van der Waals surface area contributed by atoms with Gasteiger partial charge in [-0.3, -0.25) is 0 Å². The Morgan fingerprint density at radius 3 is 2.69 bits per heavy atom. The first-order chi connectivity index (χ1) is 6.01. The SMILES string of the molecule is CC(C)(C)Sc1cc(CN)ccn1. The Hall–Kier alpha value is -0.540. The zero-order chi connectivity index (χ0) is 9.90. The molecule has 0 spiro atoms. The largest absolute Gasteiger partial charge is 0.326 e. The molecule has 13 heavy (non-hydrogen) atoms. The van der Waals surface area contributed by atoms with E-state index in [1.165, 1.54) is 0 Å². The van der Waals surface area contributed by atoms with E-state index >= 15 is 0 Å². The lowest BCUT2D eigenvalue weighted by Gasteiger charge is -2.16. The monoisotopic (exact) mass is 196 g/mol. The molecule has 3 heteroatoms. The Kier molecular flexibility index (Phi) is 3.33. The molecule has 0 aliphatic carbocycles. The van der Waals surface area contributed by atoms with Gasteiger partial charge < -0.3 is 5.73 Å². The predicted octanol–water partition coefficient (Wildman–Crippen LogP) is 2.43. The van der Waals surface area contributed by atoms with Gasteiger partial charge >= 0.3 is 0 Å². The summed E-state index contributed by atoms with van der Waals surface area (Å²) in [6.45, 7) is 7.11. The van der Waals surface area contributed by atoms with E-state index < -0.39 is 0 Å². The first kappa shape index (κ1) is 10.5. The molecule has 0 amide bonds. The highest BCUT2D eigenvalue weighted by Gasteiger charge is 2.12. The molecule has 0 unspecified atom stereocenters. The molecule has 1 rings (SSSR count). The molecule has 0 aliphatic heterocycles. The summed E-state index contributed by atoms with van der Waals surface area (Å²) in [5, 5.41) is 1.05. The number of pyridine rings is 1. The Morgan fingerprint density at radius 2 is 2.15 bits per heavy atom. The minimum absolute atomic E-state index is 0.209. The van der Waals surface area contributed by atoms with Crippen LogP contribution in [0.5, 0.6) is 0 Å². The molecule has 0 bridgehead atoms. The van der Waals surface area contributed by atoms with E-state index in [0.29, 0.717) is 6.54 Å². The van der Waals surface area contributed by atoms with Crippen molar-refractivity contribution < 1.29 is 0 Å². The zero-order valence-corrected chi connectivity index (χ0v) is 9.19. The maximum Gasteiger partial charge on any atom is 0.0968 e. The minimum atomic E-state index is 0.209. The average molecular weight is 196 g/mol. The first-order valence-electron chi connectivity index (χ1n) is 4.35. The Bertz CT molecular complexity index is 278. The minimum Gasteiger partial charge on any atom is -0.326 e. The second-order valence-electron chi connectivity index (χ2n) is 3.92. The number of nitrogens with zero attached hydrogens (tertiary/aromatic N) is 1. The fourth-order valence-corrected chi connectivity index (χ4v) is 1.90. The highest BCUT2D eigenvalue weighted by Crippen LogP contribution is 2.30. The molecule has 1 heterocycles. The molecule has 2 nitrogen and oxygen atoms in total. The maximum atomic E-state index is 5.55. The average Bonchev–Trinajstić information content (AvgIpc) is 2.01. The summed E-state index contributed by atoms with van der Waals surface area (Å²) in [6, 6.07) is 4.00. The maximum absolute atomic E-state index is 5.55. The van der Waals surface area contributed by atoms with Crippen molar-refractivity contribution in [3.05, 3.63) is 23.9 Å². The number of hydrogen-bond acceptors (Lipinski definition) is 3. The van der Waals surface area contributed by atoms with Gasteiger partial charge in [0.2, 0.25) is 0 Å². The van der Waals surface area contributed by atoms with Crippen LogP contribution in [-0.4, -0.2) is 9.73 Å². The Balaban J connectivity index is 2.78. The lowest BCUT2D eigenvalue weighted by molar-refractivity contribution is 0.798. The van der Waals surface area contributed by atoms with Gasteiger partial charge in [-0.25, -0.2) is 4.98 Å². The van der Waals surface area contributed by atoms with E-state index in [0.717, 1.165) is 10.6 Å². The van der Waals surface area contributed by atoms with Crippen molar-refractivity contribution in [1.82, 2.24) is 4.98 Å². The van der Waals surface area contributed by atoms with Crippen LogP contribution >= 0.6 is 11.8 Å². The van der Waals surface area contributed by atoms with Crippen LogP contribution in [0.1, 0.15) is 26.3 Å². The molecule has 0 radical (unpaired) electrons. The van der Waals surface area contributed by atoms with Crippen LogP contribution in [0.2, 0.25) is 0 Å². The predicted molar refractivity (Wildman–Crippen MR) is 57.7 cm³/mol. The molecule has 72 valence electrons. The van der Waals surface area contributed by atoms with Crippen molar-refractivity contribution in [2.24, 2.45) is 5.73 Å². The van der Waals surface area contributed by atoms with Crippen LogP contribution in [0.15, 0.2) is 23.4 Å². The van der Waals surface area contributed by atoms with Crippen molar-refractivity contribution in [3.8, 4) is 0 Å². The van der Waals surface area contributed by atoms with Gasteiger partial charge in [0.15, 0.2) is 0 Å². The van der Waals surface area contributed by atoms with E-state index in [1.807, 2.05) is 12.3 Å². The lowest BCUT2D eigenvalue weighted by atomic mass is 10.3. The third kappa shape index (κ3) is 3.79. The van der Waals surface area contributed by atoms with E-state index in [-0.39, 0.29) is 4.75 Å². The fourth-order valence-electron chi connectivity index (χ4n) is 0.947. The standard InChI is InChI=1S/C10H16N2S/c1-10(2,3)13-9-6-8(7-11)4-5-12-9/h4-6H,7,11H2,1-3H3. The molecule has 1 aromatic rings. The summed E-state index contributed by atoms with van der Waals surface area (Å²) >= 11 is 1.76. The molecule has 0 saturated heterocycles. The van der Waals surface area contributed by atoms with Crippen LogP contribution in [0, 0.1) is 0 Å². The third-order valence-electron chi connectivity index (χ3n) is 1.45. The normalized spacial score (nSPS) is 11.7. The lowest BCUT2D eigenvalue weighted by Crippen LogP contribution is -2.07. The van der Waals surface area contributed by atoms with Crippen molar-refractivity contribution in [1.29, 1.82) is 0 Å². The van der Waals surface area contributed by atoms with Crippen LogP contribution in [-0.2, 0) is 6.54 Å². The van der Waals surface area contributed by atoms with E-state index in [2.05, 4.69) is 31.8 Å². The van der Waals surface area contributed by atoms with E-state index in [1.54, 1.807) is 11.8 Å². The topological polar surface area (TPSA) is 38.9 Å².